The minimum absolute atomic E-state index is 0.0705. The van der Waals surface area contributed by atoms with Gasteiger partial charge in [-0.05, 0) is 48.0 Å². The number of fused-ring (bicyclic) bond motifs is 1. The lowest BCUT2D eigenvalue weighted by atomic mass is 9.96. The summed E-state index contributed by atoms with van der Waals surface area (Å²) in [7, 11) is 0. The van der Waals surface area contributed by atoms with Crippen molar-refractivity contribution < 1.29 is 89.4 Å². The Morgan fingerprint density at radius 2 is 1.41 bits per heavy atom. The third kappa shape index (κ3) is 8.16. The summed E-state index contributed by atoms with van der Waals surface area (Å²) in [6, 6.07) is 9.57. The van der Waals surface area contributed by atoms with Crippen LogP contribution in [-0.4, -0.2) is 148 Å². The smallest absolute Gasteiger partial charge is 0.330 e. The molecule has 1 aliphatic carbocycles. The minimum atomic E-state index is -1.87. The second-order valence-corrected chi connectivity index (χ2v) is 12.7. The molecule has 11 atom stereocenters. The van der Waals surface area contributed by atoms with Crippen LogP contribution in [0.25, 0.3) is 11.8 Å². The number of hydrogen-bond donors (Lipinski definition) is 11. The van der Waals surface area contributed by atoms with Gasteiger partial charge in [0, 0.05) is 18.2 Å². The van der Waals surface area contributed by atoms with Crippen molar-refractivity contribution in [1.82, 2.24) is 0 Å². The van der Waals surface area contributed by atoms with Crippen LogP contribution in [0.3, 0.4) is 0 Å². The molecule has 0 bridgehead atoms. The fourth-order valence-corrected chi connectivity index (χ4v) is 5.95. The number of hydrogen-bond acceptors (Lipinski definition) is 17. The van der Waals surface area contributed by atoms with Crippen LogP contribution in [0.4, 0.5) is 0 Å². The van der Waals surface area contributed by atoms with Gasteiger partial charge in [0.05, 0.1) is 23.8 Å². The van der Waals surface area contributed by atoms with E-state index < -0.39 is 92.4 Å². The van der Waals surface area contributed by atoms with Crippen molar-refractivity contribution in [3.05, 3.63) is 101 Å². The van der Waals surface area contributed by atoms with Gasteiger partial charge in [0.2, 0.25) is 24.4 Å². The summed E-state index contributed by atoms with van der Waals surface area (Å²) in [5.41, 5.74) is 0.921. The van der Waals surface area contributed by atoms with Crippen LogP contribution in [0.2, 0.25) is 0 Å². The quantitative estimate of drug-likeness (QED) is 0.0571. The number of benzene rings is 2. The Morgan fingerprint density at radius 1 is 0.759 bits per heavy atom. The summed E-state index contributed by atoms with van der Waals surface area (Å²) in [5, 5.41) is 113. The monoisotopic (exact) mass is 759 g/mol. The van der Waals surface area contributed by atoms with E-state index in [0.29, 0.717) is 11.1 Å². The standard InChI is InChI=1S/C36H38O18/c37-13-25-28(43)30(45)32(47)35(53-25)51-23-11-18(39)10-22-19(23)12-24(34(50-22)16-3-5-17(38)6-4-16)52-36-33(48)31(46)29(44)26(54-36)14-49-27(42)8-2-15-1-7-20(40)21(41)9-15/h1-12,22,25-26,28-33,35-41,43-48H,13-14H2/p+1. The molecular formula is C36H39O18+. The highest BCUT2D eigenvalue weighted by molar-refractivity contribution is 5.87. The van der Waals surface area contributed by atoms with Crippen LogP contribution < -0.4 is 0 Å². The van der Waals surface area contributed by atoms with Gasteiger partial charge in [-0.25, -0.2) is 4.79 Å². The van der Waals surface area contributed by atoms with Crippen LogP contribution in [0.5, 0.6) is 17.2 Å². The van der Waals surface area contributed by atoms with Gasteiger partial charge in [0.25, 0.3) is 0 Å². The molecule has 0 aromatic heterocycles. The third-order valence-corrected chi connectivity index (χ3v) is 8.94. The maximum absolute atomic E-state index is 12.5. The van der Waals surface area contributed by atoms with E-state index in [4.69, 9.17) is 23.7 Å². The number of aliphatic hydroxyl groups excluding tert-OH is 8. The highest BCUT2D eigenvalue weighted by Gasteiger charge is 2.48. The SMILES string of the molecule is O=C(C=Cc1ccc(O)c(O)c1)OCC1OC(OC2=C(c3ccc(O)cc3)[OH+]C3C=C(O)C=C(OC4OC(CO)C(O)C(O)C4O)C3=C2)C(O)C(O)C1O. The number of ether oxygens (including phenoxy) is 6. The van der Waals surface area contributed by atoms with Gasteiger partial charge in [-0.3, -0.25) is 0 Å². The van der Waals surface area contributed by atoms with Crippen molar-refractivity contribution in [1.29, 1.82) is 0 Å². The van der Waals surface area contributed by atoms with E-state index in [2.05, 4.69) is 4.74 Å². The molecule has 2 aromatic carbocycles. The minimum Gasteiger partial charge on any atom is -0.571 e. The number of phenols is 3. The predicted octanol–water partition coefficient (Wildman–Crippen LogP) is -1.45. The van der Waals surface area contributed by atoms with Gasteiger partial charge in [-0.1, -0.05) is 6.07 Å². The van der Waals surface area contributed by atoms with Crippen LogP contribution in [-0.2, 0) is 28.5 Å². The molecule has 0 saturated carbocycles. The molecule has 0 amide bonds. The number of aromatic hydroxyl groups is 3. The Balaban J connectivity index is 1.25. The molecule has 3 heterocycles. The molecule has 4 aliphatic rings. The number of carbonyl (C=O) groups is 1. The first-order valence-corrected chi connectivity index (χ1v) is 16.5. The van der Waals surface area contributed by atoms with E-state index in [1.807, 2.05) is 0 Å². The fourth-order valence-electron chi connectivity index (χ4n) is 5.95. The lowest BCUT2D eigenvalue weighted by Gasteiger charge is -2.41. The van der Waals surface area contributed by atoms with Gasteiger partial charge in [-0.2, -0.15) is 0 Å². The number of rotatable bonds is 10. The van der Waals surface area contributed by atoms with E-state index >= 15 is 0 Å². The molecule has 54 heavy (non-hydrogen) atoms. The summed E-state index contributed by atoms with van der Waals surface area (Å²) < 4.78 is 33.0. The summed E-state index contributed by atoms with van der Waals surface area (Å²) in [4.78, 5) is 12.5. The average Bonchev–Trinajstić information content (AvgIpc) is 3.15. The van der Waals surface area contributed by atoms with E-state index in [0.717, 1.165) is 12.2 Å². The molecule has 290 valence electrons. The van der Waals surface area contributed by atoms with Crippen LogP contribution in [0.15, 0.2) is 89.6 Å². The summed E-state index contributed by atoms with van der Waals surface area (Å²) in [5.74, 6) is -2.20. The van der Waals surface area contributed by atoms with Gasteiger partial charge in [-0.15, -0.1) is 0 Å². The topological polar surface area (TPSA) is 299 Å². The first-order valence-electron chi connectivity index (χ1n) is 16.5. The summed E-state index contributed by atoms with van der Waals surface area (Å²) in [6.45, 7) is -1.34. The Bertz CT molecular complexity index is 1850. The Labute approximate surface area is 305 Å². The molecule has 6 rings (SSSR count). The maximum Gasteiger partial charge on any atom is 0.330 e. The van der Waals surface area contributed by atoms with Crippen molar-refractivity contribution in [2.75, 3.05) is 13.2 Å². The first-order chi connectivity index (χ1) is 25.7. The molecule has 2 fully saturated rings. The van der Waals surface area contributed by atoms with Crippen molar-refractivity contribution in [3.8, 4) is 17.2 Å². The normalized spacial score (nSPS) is 32.5. The molecule has 2 aromatic rings. The van der Waals surface area contributed by atoms with E-state index in [1.54, 1.807) is 0 Å². The highest BCUT2D eigenvalue weighted by Crippen LogP contribution is 2.39. The Kier molecular flexibility index (Phi) is 11.5. The molecule has 18 nitrogen and oxygen atoms in total. The molecule has 12 N–H and O–H groups in total. The molecular weight excluding hydrogens is 720 g/mol. The van der Waals surface area contributed by atoms with Gasteiger partial charge in [0.15, 0.2) is 11.5 Å². The summed E-state index contributed by atoms with van der Waals surface area (Å²) >= 11 is 0. The first kappa shape index (κ1) is 38.6. The number of aliphatic hydroxyl groups is 10. The van der Waals surface area contributed by atoms with Crippen molar-refractivity contribution in [2.24, 2.45) is 0 Å². The van der Waals surface area contributed by atoms with Crippen molar-refractivity contribution in [3.63, 3.8) is 0 Å². The predicted molar refractivity (Wildman–Crippen MR) is 180 cm³/mol. The largest absolute Gasteiger partial charge is 0.571 e. The molecule has 18 heteroatoms. The third-order valence-electron chi connectivity index (χ3n) is 8.94. The molecule has 11 unspecified atom stereocenters. The van der Waals surface area contributed by atoms with Gasteiger partial charge in [0.1, 0.15) is 72.7 Å². The molecule has 3 aliphatic heterocycles. The number of esters is 1. The average molecular weight is 760 g/mol. The number of allylic oxidation sites excluding steroid dienone is 2. The van der Waals surface area contributed by atoms with Crippen LogP contribution >= 0.6 is 0 Å². The van der Waals surface area contributed by atoms with Crippen LogP contribution in [0.1, 0.15) is 11.1 Å². The Hall–Kier alpha value is -5.15. The Morgan fingerprint density at radius 3 is 2.07 bits per heavy atom. The van der Waals surface area contributed by atoms with E-state index in [1.165, 1.54) is 60.7 Å². The lowest BCUT2D eigenvalue weighted by molar-refractivity contribution is -0.292. The zero-order valence-corrected chi connectivity index (χ0v) is 28.0. The van der Waals surface area contributed by atoms with Gasteiger partial charge >= 0.3 is 11.7 Å². The zero-order valence-electron chi connectivity index (χ0n) is 28.0. The number of carbonyl (C=O) groups excluding carboxylic acids is 1. The van der Waals surface area contributed by atoms with Crippen molar-refractivity contribution in [2.45, 2.75) is 67.5 Å². The van der Waals surface area contributed by atoms with E-state index in [9.17, 15) is 61.0 Å². The molecule has 0 radical (unpaired) electrons. The highest BCUT2D eigenvalue weighted by atomic mass is 16.7. The maximum atomic E-state index is 12.5. The van der Waals surface area contributed by atoms with E-state index in [-0.39, 0.29) is 40.1 Å². The van der Waals surface area contributed by atoms with Crippen molar-refractivity contribution >= 4 is 17.8 Å². The molecule has 2 saturated heterocycles. The lowest BCUT2D eigenvalue weighted by Crippen LogP contribution is -2.59. The second kappa shape index (κ2) is 16.1. The zero-order chi connectivity index (χ0) is 38.8. The fraction of sp³-hybridized carbons (Fsp3) is 0.361. The summed E-state index contributed by atoms with van der Waals surface area (Å²) in [6.07, 6.45) is -11.6. The van der Waals surface area contributed by atoms with Gasteiger partial charge < -0.3 is 84.6 Å². The number of phenolic OH excluding ortho intramolecular Hbond substituents is 3. The van der Waals surface area contributed by atoms with Crippen LogP contribution in [0, 0.1) is 0 Å². The second-order valence-electron chi connectivity index (χ2n) is 12.7. The molecule has 0 spiro atoms.